The van der Waals surface area contributed by atoms with Gasteiger partial charge in [-0.1, -0.05) is 29.8 Å². The van der Waals surface area contributed by atoms with Crippen LogP contribution in [0.3, 0.4) is 0 Å². The zero-order valence-corrected chi connectivity index (χ0v) is 12.6. The minimum absolute atomic E-state index is 0.517. The first-order chi connectivity index (χ1) is 9.81. The first-order valence-electron chi connectivity index (χ1n) is 8.23. The molecule has 0 spiro atoms. The van der Waals surface area contributed by atoms with Crippen LogP contribution in [-0.2, 0) is 4.74 Å². The SMILES string of the molecule is Cc1ccc(C(CCC2CCCO2)CNC2CC2)cc1. The van der Waals surface area contributed by atoms with Crippen molar-refractivity contribution in [1.82, 2.24) is 5.32 Å². The van der Waals surface area contributed by atoms with Gasteiger partial charge in [0.15, 0.2) is 0 Å². The molecule has 0 aromatic heterocycles. The van der Waals surface area contributed by atoms with E-state index in [-0.39, 0.29) is 0 Å². The van der Waals surface area contributed by atoms with E-state index in [1.165, 1.54) is 49.7 Å². The van der Waals surface area contributed by atoms with Gasteiger partial charge >= 0.3 is 0 Å². The second kappa shape index (κ2) is 6.73. The Balaban J connectivity index is 1.57. The minimum Gasteiger partial charge on any atom is -0.378 e. The summed E-state index contributed by atoms with van der Waals surface area (Å²) in [6.45, 7) is 4.26. The van der Waals surface area contributed by atoms with E-state index in [1.807, 2.05) is 0 Å². The predicted molar refractivity (Wildman–Crippen MR) is 83.2 cm³/mol. The molecule has 2 nitrogen and oxygen atoms in total. The van der Waals surface area contributed by atoms with Gasteiger partial charge in [-0.3, -0.25) is 0 Å². The highest BCUT2D eigenvalue weighted by Crippen LogP contribution is 2.27. The molecule has 1 aromatic carbocycles. The van der Waals surface area contributed by atoms with Gasteiger partial charge in [0, 0.05) is 19.2 Å². The molecule has 1 aromatic rings. The number of benzene rings is 1. The molecule has 0 amide bonds. The summed E-state index contributed by atoms with van der Waals surface area (Å²) in [5.74, 6) is 0.639. The molecule has 1 N–H and O–H groups in total. The van der Waals surface area contributed by atoms with Crippen LogP contribution < -0.4 is 5.32 Å². The summed E-state index contributed by atoms with van der Waals surface area (Å²) < 4.78 is 5.78. The number of rotatable bonds is 7. The lowest BCUT2D eigenvalue weighted by molar-refractivity contribution is 0.101. The molecule has 2 fully saturated rings. The maximum absolute atomic E-state index is 5.78. The summed E-state index contributed by atoms with van der Waals surface area (Å²) in [7, 11) is 0. The van der Waals surface area contributed by atoms with E-state index < -0.39 is 0 Å². The van der Waals surface area contributed by atoms with Crippen LogP contribution >= 0.6 is 0 Å². The molecule has 20 heavy (non-hydrogen) atoms. The molecule has 3 rings (SSSR count). The van der Waals surface area contributed by atoms with Crippen LogP contribution in [0, 0.1) is 6.92 Å². The Hall–Kier alpha value is -0.860. The maximum atomic E-state index is 5.78. The average molecular weight is 273 g/mol. The molecule has 0 radical (unpaired) electrons. The molecule has 2 aliphatic rings. The maximum Gasteiger partial charge on any atom is 0.0576 e. The lowest BCUT2D eigenvalue weighted by Crippen LogP contribution is -2.24. The fraction of sp³-hybridized carbons (Fsp3) is 0.667. The molecule has 1 heterocycles. The van der Waals surface area contributed by atoms with Crippen LogP contribution in [0.4, 0.5) is 0 Å². The number of aryl methyl sites for hydroxylation is 1. The highest BCUT2D eigenvalue weighted by molar-refractivity contribution is 5.25. The smallest absolute Gasteiger partial charge is 0.0576 e. The Morgan fingerprint density at radius 3 is 2.65 bits per heavy atom. The van der Waals surface area contributed by atoms with Gasteiger partial charge in [0.05, 0.1) is 6.10 Å². The Labute approximate surface area is 122 Å². The van der Waals surface area contributed by atoms with E-state index >= 15 is 0 Å². The van der Waals surface area contributed by atoms with Gasteiger partial charge in [-0.25, -0.2) is 0 Å². The van der Waals surface area contributed by atoms with Crippen molar-refractivity contribution in [2.75, 3.05) is 13.2 Å². The topological polar surface area (TPSA) is 21.3 Å². The molecule has 2 unspecified atom stereocenters. The third-order valence-corrected chi connectivity index (χ3v) is 4.64. The van der Waals surface area contributed by atoms with Crippen LogP contribution in [0.15, 0.2) is 24.3 Å². The van der Waals surface area contributed by atoms with Crippen molar-refractivity contribution < 1.29 is 4.74 Å². The van der Waals surface area contributed by atoms with Gasteiger partial charge in [0.1, 0.15) is 0 Å². The van der Waals surface area contributed by atoms with Gasteiger partial charge in [0.2, 0.25) is 0 Å². The quantitative estimate of drug-likeness (QED) is 0.816. The molecule has 1 aliphatic carbocycles. The van der Waals surface area contributed by atoms with Crippen molar-refractivity contribution in [3.63, 3.8) is 0 Å². The number of hydrogen-bond donors (Lipinski definition) is 1. The fourth-order valence-corrected chi connectivity index (χ4v) is 3.08. The Bertz CT molecular complexity index is 404. The molecule has 2 atom stereocenters. The Morgan fingerprint density at radius 2 is 2.00 bits per heavy atom. The second-order valence-corrected chi connectivity index (χ2v) is 6.50. The van der Waals surface area contributed by atoms with Gasteiger partial charge < -0.3 is 10.1 Å². The standard InChI is InChI=1S/C18H27NO/c1-14-4-6-15(7-5-14)16(13-19-17-9-10-17)8-11-18-3-2-12-20-18/h4-7,16-19H,2-3,8-13H2,1H3. The average Bonchev–Trinajstić information content (AvgIpc) is 3.14. The van der Waals surface area contributed by atoms with Crippen LogP contribution in [0.5, 0.6) is 0 Å². The normalized spacial score (nSPS) is 23.9. The van der Waals surface area contributed by atoms with E-state index in [9.17, 15) is 0 Å². The van der Waals surface area contributed by atoms with E-state index in [0.29, 0.717) is 12.0 Å². The van der Waals surface area contributed by atoms with Crippen molar-refractivity contribution in [3.8, 4) is 0 Å². The van der Waals surface area contributed by atoms with Crippen molar-refractivity contribution in [1.29, 1.82) is 0 Å². The minimum atomic E-state index is 0.517. The third kappa shape index (κ3) is 4.07. The van der Waals surface area contributed by atoms with Gasteiger partial charge in [-0.2, -0.15) is 0 Å². The lowest BCUT2D eigenvalue weighted by atomic mass is 9.91. The fourth-order valence-electron chi connectivity index (χ4n) is 3.08. The second-order valence-electron chi connectivity index (χ2n) is 6.50. The zero-order valence-electron chi connectivity index (χ0n) is 12.6. The first kappa shape index (κ1) is 14.1. The summed E-state index contributed by atoms with van der Waals surface area (Å²) in [5, 5.41) is 3.70. The first-order valence-corrected chi connectivity index (χ1v) is 8.23. The van der Waals surface area contributed by atoms with Crippen LogP contribution in [0.2, 0.25) is 0 Å². The van der Waals surface area contributed by atoms with Crippen molar-refractivity contribution in [2.24, 2.45) is 0 Å². The molecule has 1 aliphatic heterocycles. The largest absolute Gasteiger partial charge is 0.378 e. The molecular formula is C18H27NO. The van der Waals surface area contributed by atoms with Gasteiger partial charge in [0.25, 0.3) is 0 Å². The van der Waals surface area contributed by atoms with E-state index in [2.05, 4.69) is 36.5 Å². The summed E-state index contributed by atoms with van der Waals surface area (Å²) in [6.07, 6.45) is 8.22. The third-order valence-electron chi connectivity index (χ3n) is 4.64. The van der Waals surface area contributed by atoms with Gasteiger partial charge in [-0.05, 0) is 56.9 Å². The van der Waals surface area contributed by atoms with Gasteiger partial charge in [-0.15, -0.1) is 0 Å². The van der Waals surface area contributed by atoms with Crippen LogP contribution in [-0.4, -0.2) is 25.3 Å². The van der Waals surface area contributed by atoms with Crippen LogP contribution in [0.1, 0.15) is 55.6 Å². The predicted octanol–water partition coefficient (Wildman–Crippen LogP) is 3.79. The van der Waals surface area contributed by atoms with Crippen molar-refractivity contribution in [3.05, 3.63) is 35.4 Å². The molecule has 0 bridgehead atoms. The van der Waals surface area contributed by atoms with E-state index in [0.717, 1.165) is 19.2 Å². The monoisotopic (exact) mass is 273 g/mol. The van der Waals surface area contributed by atoms with E-state index in [4.69, 9.17) is 4.74 Å². The highest BCUT2D eigenvalue weighted by atomic mass is 16.5. The number of ether oxygens (including phenoxy) is 1. The zero-order chi connectivity index (χ0) is 13.8. The molecule has 1 saturated carbocycles. The van der Waals surface area contributed by atoms with Crippen molar-refractivity contribution >= 4 is 0 Å². The molecule has 1 saturated heterocycles. The Kier molecular flexibility index (Phi) is 4.74. The molecule has 2 heteroatoms. The number of hydrogen-bond acceptors (Lipinski definition) is 2. The summed E-state index contributed by atoms with van der Waals surface area (Å²) in [6, 6.07) is 9.90. The summed E-state index contributed by atoms with van der Waals surface area (Å²) >= 11 is 0. The summed E-state index contributed by atoms with van der Waals surface area (Å²) in [5.41, 5.74) is 2.84. The highest BCUT2D eigenvalue weighted by Gasteiger charge is 2.23. The molecular weight excluding hydrogens is 246 g/mol. The lowest BCUT2D eigenvalue weighted by Gasteiger charge is -2.20. The van der Waals surface area contributed by atoms with Crippen LogP contribution in [0.25, 0.3) is 0 Å². The number of nitrogens with one attached hydrogen (secondary N) is 1. The van der Waals surface area contributed by atoms with E-state index in [1.54, 1.807) is 0 Å². The summed E-state index contributed by atoms with van der Waals surface area (Å²) in [4.78, 5) is 0. The van der Waals surface area contributed by atoms with Crippen molar-refractivity contribution in [2.45, 2.75) is 63.5 Å². The molecule has 110 valence electrons. The Morgan fingerprint density at radius 1 is 1.20 bits per heavy atom.